The first-order valence-electron chi connectivity index (χ1n) is 3.82. The lowest BCUT2D eigenvalue weighted by Gasteiger charge is -2.03. The SMILES string of the molecule is CCOn1ccc2ncncc21. The summed E-state index contributed by atoms with van der Waals surface area (Å²) in [6, 6.07) is 1.90. The highest BCUT2D eigenvalue weighted by Crippen LogP contribution is 2.08. The van der Waals surface area contributed by atoms with E-state index in [4.69, 9.17) is 4.84 Å². The lowest BCUT2D eigenvalue weighted by Crippen LogP contribution is -2.08. The van der Waals surface area contributed by atoms with E-state index in [0.717, 1.165) is 11.0 Å². The van der Waals surface area contributed by atoms with Crippen LogP contribution in [0.3, 0.4) is 0 Å². The van der Waals surface area contributed by atoms with Gasteiger partial charge in [0.1, 0.15) is 18.5 Å². The fraction of sp³-hybridized carbons (Fsp3) is 0.250. The highest BCUT2D eigenvalue weighted by molar-refractivity contribution is 5.73. The van der Waals surface area contributed by atoms with Gasteiger partial charge in [0.05, 0.1) is 11.7 Å². The van der Waals surface area contributed by atoms with Crippen LogP contribution in [0.2, 0.25) is 0 Å². The molecule has 2 aromatic heterocycles. The summed E-state index contributed by atoms with van der Waals surface area (Å²) in [6.07, 6.45) is 5.10. The molecule has 0 amide bonds. The predicted octanol–water partition coefficient (Wildman–Crippen LogP) is 0.880. The average Bonchev–Trinajstić information content (AvgIpc) is 2.50. The minimum Gasteiger partial charge on any atom is -0.414 e. The number of aromatic nitrogens is 3. The largest absolute Gasteiger partial charge is 0.414 e. The van der Waals surface area contributed by atoms with Gasteiger partial charge in [-0.15, -0.1) is 0 Å². The zero-order valence-corrected chi connectivity index (χ0v) is 6.77. The highest BCUT2D eigenvalue weighted by Gasteiger charge is 1.99. The second kappa shape index (κ2) is 2.81. The normalized spacial score (nSPS) is 10.4. The molecule has 2 rings (SSSR count). The van der Waals surface area contributed by atoms with E-state index in [-0.39, 0.29) is 0 Å². The second-order valence-corrected chi connectivity index (χ2v) is 2.35. The van der Waals surface area contributed by atoms with Crippen molar-refractivity contribution in [3.63, 3.8) is 0 Å². The Kier molecular flexibility index (Phi) is 1.66. The van der Waals surface area contributed by atoms with Gasteiger partial charge in [0.15, 0.2) is 0 Å². The van der Waals surface area contributed by atoms with Crippen LogP contribution in [-0.2, 0) is 0 Å². The summed E-state index contributed by atoms with van der Waals surface area (Å²) in [5.74, 6) is 0. The summed E-state index contributed by atoms with van der Waals surface area (Å²) in [6.45, 7) is 2.58. The van der Waals surface area contributed by atoms with E-state index in [2.05, 4.69) is 9.97 Å². The smallest absolute Gasteiger partial charge is 0.123 e. The van der Waals surface area contributed by atoms with Gasteiger partial charge in [-0.1, -0.05) is 0 Å². The minimum absolute atomic E-state index is 0.638. The highest BCUT2D eigenvalue weighted by atomic mass is 16.7. The van der Waals surface area contributed by atoms with Crippen LogP contribution in [0.1, 0.15) is 6.92 Å². The standard InChI is InChI=1S/C8H9N3O/c1-2-12-11-4-3-7-8(11)5-9-6-10-7/h3-6H,2H2,1H3. The molecule has 0 atom stereocenters. The van der Waals surface area contributed by atoms with Gasteiger partial charge in [-0.05, 0) is 13.0 Å². The predicted molar refractivity (Wildman–Crippen MR) is 44.6 cm³/mol. The molecule has 0 aliphatic heterocycles. The van der Waals surface area contributed by atoms with Crippen molar-refractivity contribution in [3.05, 3.63) is 24.8 Å². The monoisotopic (exact) mass is 163 g/mol. The molecule has 0 aromatic carbocycles. The van der Waals surface area contributed by atoms with Gasteiger partial charge in [-0.3, -0.25) is 0 Å². The van der Waals surface area contributed by atoms with E-state index in [1.54, 1.807) is 10.9 Å². The molecule has 0 fully saturated rings. The molecule has 0 saturated carbocycles. The summed E-state index contributed by atoms with van der Waals surface area (Å²) < 4.78 is 1.68. The van der Waals surface area contributed by atoms with Crippen molar-refractivity contribution in [2.75, 3.05) is 6.61 Å². The molecule has 2 heterocycles. The van der Waals surface area contributed by atoms with E-state index >= 15 is 0 Å². The van der Waals surface area contributed by atoms with Crippen LogP contribution < -0.4 is 4.84 Å². The van der Waals surface area contributed by atoms with E-state index in [1.807, 2.05) is 19.2 Å². The first-order chi connectivity index (χ1) is 5.92. The van der Waals surface area contributed by atoms with Gasteiger partial charge in [0.25, 0.3) is 0 Å². The Bertz CT molecular complexity index is 382. The van der Waals surface area contributed by atoms with E-state index in [9.17, 15) is 0 Å². The summed E-state index contributed by atoms with van der Waals surface area (Å²) in [4.78, 5) is 13.3. The number of hydrogen-bond acceptors (Lipinski definition) is 3. The van der Waals surface area contributed by atoms with Crippen molar-refractivity contribution in [1.29, 1.82) is 0 Å². The van der Waals surface area contributed by atoms with Gasteiger partial charge in [-0.25, -0.2) is 9.97 Å². The molecule has 0 unspecified atom stereocenters. The summed E-state index contributed by atoms with van der Waals surface area (Å²) >= 11 is 0. The molecule has 0 aliphatic carbocycles. The van der Waals surface area contributed by atoms with Crippen molar-refractivity contribution in [2.24, 2.45) is 0 Å². The third-order valence-electron chi connectivity index (χ3n) is 1.60. The Labute approximate surface area is 69.8 Å². The topological polar surface area (TPSA) is 39.9 Å². The molecule has 2 aromatic rings. The van der Waals surface area contributed by atoms with Gasteiger partial charge >= 0.3 is 0 Å². The van der Waals surface area contributed by atoms with Crippen molar-refractivity contribution in [1.82, 2.24) is 14.7 Å². The first kappa shape index (κ1) is 7.09. The fourth-order valence-electron chi connectivity index (χ4n) is 1.10. The minimum atomic E-state index is 0.638. The van der Waals surface area contributed by atoms with Crippen molar-refractivity contribution < 1.29 is 4.84 Å². The molecule has 4 nitrogen and oxygen atoms in total. The number of fused-ring (bicyclic) bond motifs is 1. The Morgan fingerprint density at radius 1 is 1.58 bits per heavy atom. The van der Waals surface area contributed by atoms with Gasteiger partial charge in [-0.2, -0.15) is 4.73 Å². The lowest BCUT2D eigenvalue weighted by atomic mass is 10.5. The zero-order valence-electron chi connectivity index (χ0n) is 6.77. The molecule has 0 spiro atoms. The van der Waals surface area contributed by atoms with E-state index < -0.39 is 0 Å². The van der Waals surface area contributed by atoms with E-state index in [0.29, 0.717) is 6.61 Å². The van der Waals surface area contributed by atoms with Crippen LogP contribution in [0.4, 0.5) is 0 Å². The maximum atomic E-state index is 5.30. The molecule has 62 valence electrons. The fourth-order valence-corrected chi connectivity index (χ4v) is 1.10. The maximum Gasteiger partial charge on any atom is 0.123 e. The van der Waals surface area contributed by atoms with Crippen molar-refractivity contribution in [3.8, 4) is 0 Å². The molecule has 0 N–H and O–H groups in total. The first-order valence-corrected chi connectivity index (χ1v) is 3.82. The quantitative estimate of drug-likeness (QED) is 0.659. The Morgan fingerprint density at radius 3 is 3.33 bits per heavy atom. The van der Waals surface area contributed by atoms with Gasteiger partial charge in [0.2, 0.25) is 0 Å². The third-order valence-corrected chi connectivity index (χ3v) is 1.60. The molecule has 4 heteroatoms. The van der Waals surface area contributed by atoms with Crippen molar-refractivity contribution >= 4 is 11.0 Å². The summed E-state index contributed by atoms with van der Waals surface area (Å²) in [7, 11) is 0. The van der Waals surface area contributed by atoms with Crippen LogP contribution in [0.25, 0.3) is 11.0 Å². The summed E-state index contributed by atoms with van der Waals surface area (Å²) in [5, 5.41) is 0. The average molecular weight is 163 g/mol. The Balaban J connectivity index is 2.55. The summed E-state index contributed by atoms with van der Waals surface area (Å²) in [5.41, 5.74) is 1.80. The Hall–Kier alpha value is -1.58. The molecule has 0 bridgehead atoms. The van der Waals surface area contributed by atoms with Crippen molar-refractivity contribution in [2.45, 2.75) is 6.92 Å². The van der Waals surface area contributed by atoms with Crippen LogP contribution in [0, 0.1) is 0 Å². The van der Waals surface area contributed by atoms with Gasteiger partial charge < -0.3 is 4.84 Å². The number of rotatable bonds is 2. The zero-order chi connectivity index (χ0) is 8.39. The van der Waals surface area contributed by atoms with Crippen LogP contribution in [-0.4, -0.2) is 21.3 Å². The Morgan fingerprint density at radius 2 is 2.50 bits per heavy atom. The molecular formula is C8H9N3O. The van der Waals surface area contributed by atoms with Gasteiger partial charge in [0, 0.05) is 6.20 Å². The van der Waals surface area contributed by atoms with E-state index in [1.165, 1.54) is 6.33 Å². The maximum absolute atomic E-state index is 5.30. The number of nitrogens with zero attached hydrogens (tertiary/aromatic N) is 3. The van der Waals surface area contributed by atoms with Crippen LogP contribution >= 0.6 is 0 Å². The van der Waals surface area contributed by atoms with Crippen LogP contribution in [0.15, 0.2) is 24.8 Å². The third kappa shape index (κ3) is 1.01. The molecule has 0 radical (unpaired) electrons. The molecule has 12 heavy (non-hydrogen) atoms. The number of hydrogen-bond donors (Lipinski definition) is 0. The molecule has 0 aliphatic rings. The van der Waals surface area contributed by atoms with Crippen LogP contribution in [0.5, 0.6) is 0 Å². The molecular weight excluding hydrogens is 154 g/mol. The molecule has 0 saturated heterocycles. The second-order valence-electron chi connectivity index (χ2n) is 2.35. The lowest BCUT2D eigenvalue weighted by molar-refractivity contribution is 0.132.